The third-order valence-electron chi connectivity index (χ3n) is 4.15. The van der Waals surface area contributed by atoms with Crippen molar-refractivity contribution >= 4 is 5.97 Å². The number of halogens is 2. The monoisotopic (exact) mass is 312 g/mol. The predicted octanol–water partition coefficient (Wildman–Crippen LogP) is 2.59. The molecule has 0 radical (unpaired) electrons. The molecule has 0 atom stereocenters. The standard InChI is InChI=1S/C9H16F2N2.C7H6O2/c10-9(11)5-13(6-9)8-3-1-7(12)2-4-8;8-7(9)6-4-2-1-3-5-6/h7-8H,1-6,12H2;1-5H,(H,8,9). The highest BCUT2D eigenvalue weighted by atomic mass is 19.3. The zero-order valence-electron chi connectivity index (χ0n) is 12.4. The number of carbonyl (C=O) groups is 1. The fourth-order valence-corrected chi connectivity index (χ4v) is 2.85. The molecule has 1 aliphatic carbocycles. The van der Waals surface area contributed by atoms with Gasteiger partial charge in [-0.15, -0.1) is 0 Å². The van der Waals surface area contributed by atoms with E-state index in [0.717, 1.165) is 25.7 Å². The Kier molecular flexibility index (Phi) is 5.47. The minimum Gasteiger partial charge on any atom is -0.478 e. The van der Waals surface area contributed by atoms with E-state index in [2.05, 4.69) is 0 Å². The first-order chi connectivity index (χ1) is 10.4. The Labute approximate surface area is 128 Å². The van der Waals surface area contributed by atoms with E-state index in [1.807, 2.05) is 4.90 Å². The van der Waals surface area contributed by atoms with Crippen molar-refractivity contribution in [2.45, 2.75) is 43.7 Å². The van der Waals surface area contributed by atoms with Gasteiger partial charge in [0.25, 0.3) is 5.92 Å². The SMILES string of the molecule is NC1CCC(N2CC(F)(F)C2)CC1.O=C(O)c1ccccc1. The van der Waals surface area contributed by atoms with Gasteiger partial charge in [0.2, 0.25) is 0 Å². The van der Waals surface area contributed by atoms with Gasteiger partial charge in [-0.1, -0.05) is 18.2 Å². The summed E-state index contributed by atoms with van der Waals surface area (Å²) in [4.78, 5) is 12.1. The molecule has 1 saturated heterocycles. The summed E-state index contributed by atoms with van der Waals surface area (Å²) < 4.78 is 25.1. The van der Waals surface area contributed by atoms with E-state index in [9.17, 15) is 13.6 Å². The Morgan fingerprint density at radius 3 is 2.09 bits per heavy atom. The van der Waals surface area contributed by atoms with Crippen molar-refractivity contribution in [3.05, 3.63) is 35.9 Å². The minimum atomic E-state index is -2.42. The van der Waals surface area contributed by atoms with Crippen LogP contribution in [0.4, 0.5) is 8.78 Å². The van der Waals surface area contributed by atoms with Crippen LogP contribution in [-0.2, 0) is 0 Å². The lowest BCUT2D eigenvalue weighted by molar-refractivity contribution is -0.149. The molecule has 22 heavy (non-hydrogen) atoms. The maximum absolute atomic E-state index is 12.6. The van der Waals surface area contributed by atoms with Gasteiger partial charge < -0.3 is 10.8 Å². The molecule has 2 aliphatic rings. The largest absolute Gasteiger partial charge is 0.478 e. The van der Waals surface area contributed by atoms with E-state index < -0.39 is 11.9 Å². The Morgan fingerprint density at radius 1 is 1.14 bits per heavy atom. The minimum absolute atomic E-state index is 0.0348. The Morgan fingerprint density at radius 2 is 1.68 bits per heavy atom. The molecule has 3 N–H and O–H groups in total. The number of likely N-dealkylation sites (tertiary alicyclic amines) is 1. The fraction of sp³-hybridized carbons (Fsp3) is 0.562. The highest BCUT2D eigenvalue weighted by molar-refractivity contribution is 5.87. The molecule has 0 bridgehead atoms. The first kappa shape index (κ1) is 16.8. The van der Waals surface area contributed by atoms with Crippen LogP contribution in [0.25, 0.3) is 0 Å². The van der Waals surface area contributed by atoms with Crippen molar-refractivity contribution in [2.75, 3.05) is 13.1 Å². The third kappa shape index (κ3) is 4.74. The molecule has 0 aromatic heterocycles. The summed E-state index contributed by atoms with van der Waals surface area (Å²) in [6, 6.07) is 8.97. The van der Waals surface area contributed by atoms with E-state index >= 15 is 0 Å². The normalized spacial score (nSPS) is 27.2. The highest BCUT2D eigenvalue weighted by Crippen LogP contribution is 2.33. The molecule has 122 valence electrons. The number of carboxylic acids is 1. The molecule has 0 unspecified atom stereocenters. The molecule has 1 saturated carbocycles. The van der Waals surface area contributed by atoms with Gasteiger partial charge in [0, 0.05) is 12.1 Å². The number of alkyl halides is 2. The fourth-order valence-electron chi connectivity index (χ4n) is 2.85. The summed E-state index contributed by atoms with van der Waals surface area (Å²) in [5.74, 6) is -3.30. The zero-order valence-corrected chi connectivity index (χ0v) is 12.4. The number of carboxylic acid groups (broad SMARTS) is 1. The molecule has 1 aliphatic heterocycles. The molecule has 1 aromatic rings. The lowest BCUT2D eigenvalue weighted by Crippen LogP contribution is -2.60. The van der Waals surface area contributed by atoms with Crippen molar-refractivity contribution in [3.8, 4) is 0 Å². The second kappa shape index (κ2) is 7.15. The van der Waals surface area contributed by atoms with Gasteiger partial charge in [-0.3, -0.25) is 4.90 Å². The molecule has 3 rings (SSSR count). The highest BCUT2D eigenvalue weighted by Gasteiger charge is 2.46. The van der Waals surface area contributed by atoms with E-state index in [1.165, 1.54) is 0 Å². The first-order valence-electron chi connectivity index (χ1n) is 7.53. The van der Waals surface area contributed by atoms with Gasteiger partial charge in [-0.05, 0) is 37.8 Å². The molecular weight excluding hydrogens is 290 g/mol. The number of hydrogen-bond acceptors (Lipinski definition) is 3. The molecule has 2 fully saturated rings. The number of nitrogens with two attached hydrogens (primary N) is 1. The average molecular weight is 312 g/mol. The molecule has 0 amide bonds. The van der Waals surface area contributed by atoms with Crippen LogP contribution in [0.3, 0.4) is 0 Å². The third-order valence-corrected chi connectivity index (χ3v) is 4.15. The lowest BCUT2D eigenvalue weighted by Gasteiger charge is -2.45. The van der Waals surface area contributed by atoms with E-state index in [-0.39, 0.29) is 13.1 Å². The number of hydrogen-bond donors (Lipinski definition) is 2. The van der Waals surface area contributed by atoms with Crippen LogP contribution in [0.5, 0.6) is 0 Å². The summed E-state index contributed by atoms with van der Waals surface area (Å²) >= 11 is 0. The maximum Gasteiger partial charge on any atom is 0.335 e. The van der Waals surface area contributed by atoms with Gasteiger partial charge in [0.05, 0.1) is 18.7 Å². The summed E-state index contributed by atoms with van der Waals surface area (Å²) in [6.45, 7) is -0.0696. The summed E-state index contributed by atoms with van der Waals surface area (Å²) in [7, 11) is 0. The number of nitrogens with zero attached hydrogens (tertiary/aromatic N) is 1. The van der Waals surface area contributed by atoms with Crippen LogP contribution >= 0.6 is 0 Å². The van der Waals surface area contributed by atoms with Crippen LogP contribution < -0.4 is 5.73 Å². The van der Waals surface area contributed by atoms with Crippen molar-refractivity contribution in [3.63, 3.8) is 0 Å². The first-order valence-corrected chi connectivity index (χ1v) is 7.53. The van der Waals surface area contributed by atoms with E-state index in [0.29, 0.717) is 17.6 Å². The Balaban J connectivity index is 0.000000172. The number of rotatable bonds is 2. The van der Waals surface area contributed by atoms with Crippen LogP contribution in [-0.4, -0.2) is 47.1 Å². The quantitative estimate of drug-likeness (QED) is 0.881. The maximum atomic E-state index is 12.6. The van der Waals surface area contributed by atoms with Crippen LogP contribution in [0, 0.1) is 0 Å². The van der Waals surface area contributed by atoms with Gasteiger partial charge in [-0.2, -0.15) is 0 Å². The summed E-state index contributed by atoms with van der Waals surface area (Å²) in [5.41, 5.74) is 6.07. The van der Waals surface area contributed by atoms with Gasteiger partial charge in [0.15, 0.2) is 0 Å². The topological polar surface area (TPSA) is 66.6 Å². The summed E-state index contributed by atoms with van der Waals surface area (Å²) in [5, 5.41) is 8.38. The van der Waals surface area contributed by atoms with Crippen LogP contribution in [0.2, 0.25) is 0 Å². The molecule has 1 aromatic carbocycles. The number of aromatic carboxylic acids is 1. The zero-order chi connectivity index (χ0) is 16.2. The van der Waals surface area contributed by atoms with Crippen molar-refractivity contribution in [1.82, 2.24) is 4.90 Å². The molecule has 4 nitrogen and oxygen atoms in total. The van der Waals surface area contributed by atoms with Crippen LogP contribution in [0.1, 0.15) is 36.0 Å². The average Bonchev–Trinajstić information content (AvgIpc) is 2.47. The molecule has 6 heteroatoms. The van der Waals surface area contributed by atoms with Gasteiger partial charge >= 0.3 is 5.97 Å². The Bertz CT molecular complexity index is 480. The van der Waals surface area contributed by atoms with Crippen molar-refractivity contribution in [2.24, 2.45) is 5.73 Å². The predicted molar refractivity (Wildman–Crippen MR) is 80.2 cm³/mol. The van der Waals surface area contributed by atoms with Crippen molar-refractivity contribution in [1.29, 1.82) is 0 Å². The van der Waals surface area contributed by atoms with Crippen LogP contribution in [0.15, 0.2) is 30.3 Å². The molecule has 0 spiro atoms. The summed E-state index contributed by atoms with van der Waals surface area (Å²) in [6.07, 6.45) is 3.98. The van der Waals surface area contributed by atoms with E-state index in [4.69, 9.17) is 10.8 Å². The number of benzene rings is 1. The van der Waals surface area contributed by atoms with Gasteiger partial charge in [0.1, 0.15) is 0 Å². The Hall–Kier alpha value is -1.53. The van der Waals surface area contributed by atoms with Crippen molar-refractivity contribution < 1.29 is 18.7 Å². The smallest absolute Gasteiger partial charge is 0.335 e. The lowest BCUT2D eigenvalue weighted by atomic mass is 9.89. The van der Waals surface area contributed by atoms with E-state index in [1.54, 1.807) is 30.3 Å². The second-order valence-corrected chi connectivity index (χ2v) is 6.00. The molecular formula is C16H22F2N2O2. The molecule has 1 heterocycles. The van der Waals surface area contributed by atoms with Gasteiger partial charge in [-0.25, -0.2) is 13.6 Å². The second-order valence-electron chi connectivity index (χ2n) is 6.00.